The van der Waals surface area contributed by atoms with Crippen molar-refractivity contribution in [1.82, 2.24) is 14.7 Å². The molecule has 7 heteroatoms. The molecule has 1 aromatic carbocycles. The molecular formula is C15H17FN4O2. The average molecular weight is 304 g/mol. The zero-order valence-corrected chi connectivity index (χ0v) is 12.0. The third-order valence-corrected chi connectivity index (χ3v) is 3.59. The monoisotopic (exact) mass is 304 g/mol. The summed E-state index contributed by atoms with van der Waals surface area (Å²) < 4.78 is 20.0. The number of amides is 1. The number of benzene rings is 1. The standard InChI is InChI=1S/C15H17FN4O2/c16-12-3-1-11(2-4-12)13-5-6-20(18-13)10-19-7-8-22-14(9-19)15(17)21/h1-6,14H,7-10H2,(H2,17,21). The van der Waals surface area contributed by atoms with Crippen LogP contribution >= 0.6 is 0 Å². The van der Waals surface area contributed by atoms with Crippen LogP contribution in [0.15, 0.2) is 36.5 Å². The second-order valence-corrected chi connectivity index (χ2v) is 5.23. The van der Waals surface area contributed by atoms with Crippen molar-refractivity contribution in [2.24, 2.45) is 5.73 Å². The van der Waals surface area contributed by atoms with Gasteiger partial charge in [0.15, 0.2) is 0 Å². The predicted molar refractivity (Wildman–Crippen MR) is 78.1 cm³/mol. The molecule has 0 aliphatic carbocycles. The van der Waals surface area contributed by atoms with E-state index in [-0.39, 0.29) is 5.82 Å². The van der Waals surface area contributed by atoms with Gasteiger partial charge in [-0.1, -0.05) is 0 Å². The first-order valence-electron chi connectivity index (χ1n) is 7.04. The quantitative estimate of drug-likeness (QED) is 0.908. The molecule has 0 radical (unpaired) electrons. The summed E-state index contributed by atoms with van der Waals surface area (Å²) in [5.74, 6) is -0.717. The van der Waals surface area contributed by atoms with E-state index in [1.165, 1.54) is 12.1 Å². The maximum absolute atomic E-state index is 12.9. The van der Waals surface area contributed by atoms with E-state index in [1.54, 1.807) is 16.8 Å². The van der Waals surface area contributed by atoms with Crippen LogP contribution in [-0.4, -0.2) is 46.4 Å². The summed E-state index contributed by atoms with van der Waals surface area (Å²) in [6, 6.07) is 8.08. The fraction of sp³-hybridized carbons (Fsp3) is 0.333. The van der Waals surface area contributed by atoms with Crippen LogP contribution in [0.4, 0.5) is 4.39 Å². The molecule has 1 saturated heterocycles. The van der Waals surface area contributed by atoms with Gasteiger partial charge in [0.1, 0.15) is 11.9 Å². The highest BCUT2D eigenvalue weighted by Crippen LogP contribution is 2.17. The van der Waals surface area contributed by atoms with E-state index in [2.05, 4.69) is 10.00 Å². The van der Waals surface area contributed by atoms with Crippen molar-refractivity contribution in [3.8, 4) is 11.3 Å². The third-order valence-electron chi connectivity index (χ3n) is 3.59. The largest absolute Gasteiger partial charge is 0.367 e. The van der Waals surface area contributed by atoms with Crippen LogP contribution in [0.5, 0.6) is 0 Å². The Kier molecular flexibility index (Phi) is 4.17. The summed E-state index contributed by atoms with van der Waals surface area (Å²) in [5.41, 5.74) is 6.91. The Balaban J connectivity index is 1.66. The summed E-state index contributed by atoms with van der Waals surface area (Å²) in [5, 5.41) is 4.47. The first-order chi connectivity index (χ1) is 10.6. The minimum absolute atomic E-state index is 0.269. The maximum Gasteiger partial charge on any atom is 0.247 e. The van der Waals surface area contributed by atoms with Crippen LogP contribution in [0.25, 0.3) is 11.3 Å². The Morgan fingerprint density at radius 2 is 2.14 bits per heavy atom. The highest BCUT2D eigenvalue weighted by atomic mass is 19.1. The Morgan fingerprint density at radius 3 is 2.86 bits per heavy atom. The maximum atomic E-state index is 12.9. The number of aromatic nitrogens is 2. The molecule has 2 aromatic rings. The summed E-state index contributed by atoms with van der Waals surface area (Å²) in [6.07, 6.45) is 1.29. The Labute approximate surface area is 127 Å². The molecule has 1 atom stereocenters. The summed E-state index contributed by atoms with van der Waals surface area (Å²) in [4.78, 5) is 13.2. The van der Waals surface area contributed by atoms with Gasteiger partial charge >= 0.3 is 0 Å². The number of carbonyl (C=O) groups excluding carboxylic acids is 1. The van der Waals surface area contributed by atoms with E-state index in [9.17, 15) is 9.18 Å². The predicted octanol–water partition coefficient (Wildman–Crippen LogP) is 0.833. The molecule has 1 aliphatic heterocycles. The van der Waals surface area contributed by atoms with Crippen LogP contribution in [-0.2, 0) is 16.2 Å². The summed E-state index contributed by atoms with van der Waals surface area (Å²) in [6.45, 7) is 2.20. The lowest BCUT2D eigenvalue weighted by Crippen LogP contribution is -2.48. The van der Waals surface area contributed by atoms with Crippen molar-refractivity contribution in [2.75, 3.05) is 19.7 Å². The lowest BCUT2D eigenvalue weighted by molar-refractivity contribution is -0.136. The van der Waals surface area contributed by atoms with Crippen molar-refractivity contribution in [3.63, 3.8) is 0 Å². The number of nitrogens with two attached hydrogens (primary N) is 1. The number of carbonyl (C=O) groups is 1. The van der Waals surface area contributed by atoms with Gasteiger partial charge in [-0.05, 0) is 30.3 Å². The van der Waals surface area contributed by atoms with Crippen molar-refractivity contribution in [1.29, 1.82) is 0 Å². The number of rotatable bonds is 4. The van der Waals surface area contributed by atoms with E-state index in [1.807, 2.05) is 12.3 Å². The molecule has 0 saturated carbocycles. The molecule has 2 heterocycles. The molecule has 0 bridgehead atoms. The molecule has 1 amide bonds. The van der Waals surface area contributed by atoms with Crippen LogP contribution < -0.4 is 5.73 Å². The van der Waals surface area contributed by atoms with E-state index >= 15 is 0 Å². The highest BCUT2D eigenvalue weighted by Gasteiger charge is 2.24. The zero-order valence-electron chi connectivity index (χ0n) is 12.0. The van der Waals surface area contributed by atoms with E-state index in [0.29, 0.717) is 19.8 Å². The van der Waals surface area contributed by atoms with Gasteiger partial charge in [0.25, 0.3) is 0 Å². The van der Waals surface area contributed by atoms with Gasteiger partial charge in [0.2, 0.25) is 5.91 Å². The normalized spacial score (nSPS) is 19.2. The lowest BCUT2D eigenvalue weighted by Gasteiger charge is -2.30. The van der Waals surface area contributed by atoms with Crippen LogP contribution in [0.2, 0.25) is 0 Å². The number of nitrogens with zero attached hydrogens (tertiary/aromatic N) is 3. The van der Waals surface area contributed by atoms with Crippen molar-refractivity contribution < 1.29 is 13.9 Å². The Morgan fingerprint density at radius 1 is 1.36 bits per heavy atom. The van der Waals surface area contributed by atoms with Gasteiger partial charge < -0.3 is 10.5 Å². The molecule has 1 fully saturated rings. The van der Waals surface area contributed by atoms with Crippen molar-refractivity contribution in [2.45, 2.75) is 12.8 Å². The minimum Gasteiger partial charge on any atom is -0.367 e. The van der Waals surface area contributed by atoms with Gasteiger partial charge in [-0.3, -0.25) is 14.4 Å². The van der Waals surface area contributed by atoms with Crippen molar-refractivity contribution in [3.05, 3.63) is 42.3 Å². The second-order valence-electron chi connectivity index (χ2n) is 5.23. The molecule has 1 unspecified atom stereocenters. The fourth-order valence-electron chi connectivity index (χ4n) is 2.42. The lowest BCUT2D eigenvalue weighted by atomic mass is 10.1. The van der Waals surface area contributed by atoms with Gasteiger partial charge in [0.05, 0.1) is 19.0 Å². The average Bonchev–Trinajstić information content (AvgIpc) is 2.96. The number of primary amides is 1. The topological polar surface area (TPSA) is 73.4 Å². The fourth-order valence-corrected chi connectivity index (χ4v) is 2.42. The molecule has 1 aromatic heterocycles. The van der Waals surface area contributed by atoms with Gasteiger partial charge in [-0.15, -0.1) is 0 Å². The number of halogens is 1. The van der Waals surface area contributed by atoms with Crippen molar-refractivity contribution >= 4 is 5.91 Å². The third kappa shape index (κ3) is 3.32. The first-order valence-corrected chi connectivity index (χ1v) is 7.04. The van der Waals surface area contributed by atoms with Crippen LogP contribution in [0, 0.1) is 5.82 Å². The molecule has 22 heavy (non-hydrogen) atoms. The molecule has 2 N–H and O–H groups in total. The van der Waals surface area contributed by atoms with Gasteiger partial charge in [-0.2, -0.15) is 5.10 Å². The molecule has 0 spiro atoms. The van der Waals surface area contributed by atoms with E-state index in [0.717, 1.165) is 17.8 Å². The minimum atomic E-state index is -0.569. The summed E-state index contributed by atoms with van der Waals surface area (Å²) in [7, 11) is 0. The first kappa shape index (κ1) is 14.7. The SMILES string of the molecule is NC(=O)C1CN(Cn2ccc(-c3ccc(F)cc3)n2)CCO1. The molecule has 116 valence electrons. The molecule has 6 nitrogen and oxygen atoms in total. The van der Waals surface area contributed by atoms with Gasteiger partial charge in [-0.25, -0.2) is 4.39 Å². The second kappa shape index (κ2) is 6.25. The van der Waals surface area contributed by atoms with E-state index in [4.69, 9.17) is 10.5 Å². The summed E-state index contributed by atoms with van der Waals surface area (Å²) >= 11 is 0. The van der Waals surface area contributed by atoms with Crippen LogP contribution in [0.3, 0.4) is 0 Å². The zero-order chi connectivity index (χ0) is 15.5. The number of morpholine rings is 1. The van der Waals surface area contributed by atoms with E-state index < -0.39 is 12.0 Å². The number of hydrogen-bond acceptors (Lipinski definition) is 4. The number of hydrogen-bond donors (Lipinski definition) is 1. The highest BCUT2D eigenvalue weighted by molar-refractivity contribution is 5.79. The molecule has 1 aliphatic rings. The molecular weight excluding hydrogens is 287 g/mol. The Bertz CT molecular complexity index is 656. The Hall–Kier alpha value is -2.25. The molecule has 3 rings (SSSR count). The smallest absolute Gasteiger partial charge is 0.247 e. The van der Waals surface area contributed by atoms with Gasteiger partial charge in [0, 0.05) is 24.8 Å². The number of ether oxygens (including phenoxy) is 1. The van der Waals surface area contributed by atoms with Crippen LogP contribution in [0.1, 0.15) is 0 Å².